The van der Waals surface area contributed by atoms with Crippen molar-refractivity contribution in [1.29, 1.82) is 0 Å². The van der Waals surface area contributed by atoms with Crippen molar-refractivity contribution < 1.29 is 14.3 Å². The first-order valence-corrected chi connectivity index (χ1v) is 7.62. The van der Waals surface area contributed by atoms with Crippen LogP contribution in [0, 0.1) is 6.92 Å². The van der Waals surface area contributed by atoms with Gasteiger partial charge < -0.3 is 20.2 Å². The zero-order chi connectivity index (χ0) is 17.3. The van der Waals surface area contributed by atoms with Crippen LogP contribution in [0.1, 0.15) is 12.5 Å². The number of nitrogens with zero attached hydrogens (tertiary/aromatic N) is 1. The summed E-state index contributed by atoms with van der Waals surface area (Å²) in [5, 5.41) is 15.7. The average Bonchev–Trinajstić information content (AvgIpc) is 2.88. The number of hydrogen-bond acceptors (Lipinski definition) is 5. The molecule has 0 saturated carbocycles. The molecule has 1 amide bonds. The van der Waals surface area contributed by atoms with E-state index in [2.05, 4.69) is 15.6 Å². The number of thiocarbonyl (C=S) groups is 1. The summed E-state index contributed by atoms with van der Waals surface area (Å²) in [6, 6.07) is 10.6. The molecule has 3 rings (SSSR count). The Morgan fingerprint density at radius 2 is 2.04 bits per heavy atom. The molecule has 0 aliphatic carbocycles. The van der Waals surface area contributed by atoms with E-state index in [1.54, 1.807) is 12.1 Å². The number of anilines is 1. The minimum Gasteiger partial charge on any atom is -0.507 e. The van der Waals surface area contributed by atoms with Crippen LogP contribution in [0.3, 0.4) is 0 Å². The van der Waals surface area contributed by atoms with Crippen LogP contribution in [-0.4, -0.2) is 21.1 Å². The first-order chi connectivity index (χ1) is 11.4. The maximum atomic E-state index is 11.0. The van der Waals surface area contributed by atoms with E-state index in [0.717, 1.165) is 11.1 Å². The van der Waals surface area contributed by atoms with Crippen LogP contribution < -0.4 is 10.6 Å². The predicted molar refractivity (Wildman–Crippen MR) is 95.9 cm³/mol. The second-order valence-electron chi connectivity index (χ2n) is 5.36. The summed E-state index contributed by atoms with van der Waals surface area (Å²) >= 11 is 4.98. The number of nitrogens with one attached hydrogen (secondary N) is 2. The van der Waals surface area contributed by atoms with E-state index in [-0.39, 0.29) is 16.8 Å². The number of aryl methyl sites for hydroxylation is 1. The van der Waals surface area contributed by atoms with Crippen LogP contribution in [0.25, 0.3) is 22.6 Å². The van der Waals surface area contributed by atoms with Crippen molar-refractivity contribution in [3.8, 4) is 17.2 Å². The van der Waals surface area contributed by atoms with Crippen LogP contribution in [0.5, 0.6) is 5.75 Å². The van der Waals surface area contributed by atoms with Gasteiger partial charge in [0.2, 0.25) is 11.8 Å². The summed E-state index contributed by atoms with van der Waals surface area (Å²) < 4.78 is 5.72. The maximum Gasteiger partial charge on any atom is 0.231 e. The first kappa shape index (κ1) is 15.9. The molecule has 1 aromatic heterocycles. The van der Waals surface area contributed by atoms with E-state index < -0.39 is 0 Å². The third kappa shape index (κ3) is 3.36. The summed E-state index contributed by atoms with van der Waals surface area (Å²) in [7, 11) is 0. The second-order valence-corrected chi connectivity index (χ2v) is 5.77. The Morgan fingerprint density at radius 3 is 2.75 bits per heavy atom. The van der Waals surface area contributed by atoms with Gasteiger partial charge in [0, 0.05) is 18.7 Å². The van der Waals surface area contributed by atoms with E-state index in [4.69, 9.17) is 16.6 Å². The Bertz CT molecular complexity index is 949. The number of carbonyl (C=O) groups excluding carboxylic acids is 1. The molecule has 24 heavy (non-hydrogen) atoms. The van der Waals surface area contributed by atoms with Crippen molar-refractivity contribution in [2.75, 3.05) is 5.32 Å². The van der Waals surface area contributed by atoms with Crippen molar-refractivity contribution >= 4 is 40.0 Å². The minimum absolute atomic E-state index is 0.00565. The van der Waals surface area contributed by atoms with Crippen molar-refractivity contribution in [3.05, 3.63) is 42.0 Å². The molecular formula is C17H15N3O3S. The van der Waals surface area contributed by atoms with Gasteiger partial charge in [-0.1, -0.05) is 6.07 Å². The number of phenols is 1. The van der Waals surface area contributed by atoms with Crippen molar-refractivity contribution in [3.63, 3.8) is 0 Å². The molecule has 0 unspecified atom stereocenters. The number of amides is 1. The molecule has 3 aromatic rings. The van der Waals surface area contributed by atoms with Crippen molar-refractivity contribution in [2.24, 2.45) is 0 Å². The predicted octanol–water partition coefficient (Wildman–Crippen LogP) is 3.34. The molecule has 2 aromatic carbocycles. The molecule has 1 heterocycles. The fourth-order valence-corrected chi connectivity index (χ4v) is 2.52. The second kappa shape index (κ2) is 6.29. The summed E-state index contributed by atoms with van der Waals surface area (Å²) in [6.45, 7) is 3.33. The first-order valence-electron chi connectivity index (χ1n) is 7.21. The number of aromatic hydroxyl groups is 1. The molecule has 122 valence electrons. The molecule has 0 spiro atoms. The molecular weight excluding hydrogens is 326 g/mol. The molecule has 0 saturated heterocycles. The highest BCUT2D eigenvalue weighted by Gasteiger charge is 2.13. The van der Waals surface area contributed by atoms with Gasteiger partial charge in [-0.05, 0) is 49.0 Å². The molecule has 0 atom stereocenters. The Balaban J connectivity index is 1.88. The van der Waals surface area contributed by atoms with Gasteiger partial charge in [-0.15, -0.1) is 0 Å². The van der Waals surface area contributed by atoms with Crippen LogP contribution in [0.2, 0.25) is 0 Å². The van der Waals surface area contributed by atoms with Crippen molar-refractivity contribution in [1.82, 2.24) is 10.3 Å². The molecule has 7 heteroatoms. The fraction of sp³-hybridized carbons (Fsp3) is 0.118. The smallest absolute Gasteiger partial charge is 0.231 e. The van der Waals surface area contributed by atoms with Crippen LogP contribution in [-0.2, 0) is 4.79 Å². The van der Waals surface area contributed by atoms with Crippen LogP contribution in [0.15, 0.2) is 40.8 Å². The number of oxazole rings is 1. The van der Waals surface area contributed by atoms with Gasteiger partial charge in [-0.25, -0.2) is 4.98 Å². The normalized spacial score (nSPS) is 10.6. The molecule has 0 fully saturated rings. The molecule has 0 bridgehead atoms. The third-order valence-electron chi connectivity index (χ3n) is 3.32. The van der Waals surface area contributed by atoms with Crippen LogP contribution >= 0.6 is 12.2 Å². The van der Waals surface area contributed by atoms with E-state index >= 15 is 0 Å². The lowest BCUT2D eigenvalue weighted by Crippen LogP contribution is -2.32. The van der Waals surface area contributed by atoms with Gasteiger partial charge in [-0.3, -0.25) is 4.79 Å². The van der Waals surface area contributed by atoms with Gasteiger partial charge >= 0.3 is 0 Å². The molecule has 0 aliphatic heterocycles. The fourth-order valence-electron chi connectivity index (χ4n) is 2.26. The molecule has 0 aliphatic rings. The van der Waals surface area contributed by atoms with Gasteiger partial charge in [0.15, 0.2) is 10.7 Å². The summed E-state index contributed by atoms with van der Waals surface area (Å²) in [4.78, 5) is 15.3. The zero-order valence-electron chi connectivity index (χ0n) is 13.1. The number of aromatic nitrogens is 1. The maximum absolute atomic E-state index is 11.0. The average molecular weight is 341 g/mol. The van der Waals surface area contributed by atoms with E-state index in [1.165, 1.54) is 13.0 Å². The zero-order valence-corrected chi connectivity index (χ0v) is 13.9. The number of carbonyl (C=O) groups is 1. The van der Waals surface area contributed by atoms with Gasteiger partial charge in [0.25, 0.3) is 0 Å². The van der Waals surface area contributed by atoms with Crippen molar-refractivity contribution in [2.45, 2.75) is 13.8 Å². The van der Waals surface area contributed by atoms with Crippen LogP contribution in [0.4, 0.5) is 5.69 Å². The Morgan fingerprint density at radius 1 is 1.25 bits per heavy atom. The number of hydrogen-bond donors (Lipinski definition) is 3. The monoisotopic (exact) mass is 341 g/mol. The number of benzene rings is 2. The van der Waals surface area contributed by atoms with Gasteiger partial charge in [0.05, 0.1) is 5.56 Å². The summed E-state index contributed by atoms with van der Waals surface area (Å²) in [5.41, 5.74) is 3.48. The van der Waals surface area contributed by atoms with Gasteiger partial charge in [-0.2, -0.15) is 0 Å². The standard InChI is InChI=1S/C17H15N3O3S/c1-9-3-6-13-15(7-9)23-16(20-13)12-5-4-11(8-14(12)22)19-17(24)18-10(2)21/h3-8,22H,1-2H3,(H2,18,19,21,24). The lowest BCUT2D eigenvalue weighted by Gasteiger charge is -2.09. The quantitative estimate of drug-likeness (QED) is 0.620. The van der Waals surface area contributed by atoms with Gasteiger partial charge in [0.1, 0.15) is 11.3 Å². The summed E-state index contributed by atoms with van der Waals surface area (Å²) in [5.74, 6) is 0.0631. The number of fused-ring (bicyclic) bond motifs is 1. The SMILES string of the molecule is CC(=O)NC(=S)Nc1ccc(-c2nc3ccc(C)cc3o2)c(O)c1. The highest BCUT2D eigenvalue weighted by atomic mass is 32.1. The number of phenolic OH excluding ortho intramolecular Hbond substituents is 1. The topological polar surface area (TPSA) is 87.4 Å². The van der Waals surface area contributed by atoms with E-state index in [1.807, 2.05) is 25.1 Å². The highest BCUT2D eigenvalue weighted by Crippen LogP contribution is 2.33. The third-order valence-corrected chi connectivity index (χ3v) is 3.52. The Labute approximate surface area is 143 Å². The van der Waals surface area contributed by atoms with E-state index in [0.29, 0.717) is 22.7 Å². The number of rotatable bonds is 2. The summed E-state index contributed by atoms with van der Waals surface area (Å²) in [6.07, 6.45) is 0. The highest BCUT2D eigenvalue weighted by molar-refractivity contribution is 7.80. The molecule has 6 nitrogen and oxygen atoms in total. The Kier molecular flexibility index (Phi) is 4.18. The largest absolute Gasteiger partial charge is 0.507 e. The lowest BCUT2D eigenvalue weighted by molar-refractivity contribution is -0.117. The Hall–Kier alpha value is -2.93. The molecule has 3 N–H and O–H groups in total. The molecule has 0 radical (unpaired) electrons. The lowest BCUT2D eigenvalue weighted by atomic mass is 10.2. The van der Waals surface area contributed by atoms with E-state index in [9.17, 15) is 9.90 Å². The minimum atomic E-state index is -0.268.